The van der Waals surface area contributed by atoms with Gasteiger partial charge in [-0.3, -0.25) is 4.79 Å². The Morgan fingerprint density at radius 1 is 1.45 bits per heavy atom. The second-order valence-corrected chi connectivity index (χ2v) is 4.95. The molecule has 1 aromatic rings. The van der Waals surface area contributed by atoms with Crippen molar-refractivity contribution in [2.24, 2.45) is 0 Å². The van der Waals surface area contributed by atoms with Gasteiger partial charge in [0.05, 0.1) is 18.2 Å². The third kappa shape index (κ3) is 3.97. The van der Waals surface area contributed by atoms with Crippen LogP contribution in [0.2, 0.25) is 0 Å². The zero-order chi connectivity index (χ0) is 14.4. The highest BCUT2D eigenvalue weighted by Gasteiger charge is 2.15. The van der Waals surface area contributed by atoms with E-state index in [4.69, 9.17) is 10.00 Å². The van der Waals surface area contributed by atoms with Gasteiger partial charge in [-0.15, -0.1) is 0 Å². The van der Waals surface area contributed by atoms with Gasteiger partial charge in [0, 0.05) is 24.9 Å². The Hall–Kier alpha value is -2.06. The summed E-state index contributed by atoms with van der Waals surface area (Å²) in [5.74, 6) is -0.0290. The van der Waals surface area contributed by atoms with Crippen LogP contribution in [0, 0.1) is 18.3 Å². The topological polar surface area (TPSA) is 74.2 Å². The fraction of sp³-hybridized carbons (Fsp3) is 0.467. The molecule has 1 amide bonds. The van der Waals surface area contributed by atoms with E-state index in [1.807, 2.05) is 13.0 Å². The molecule has 1 aliphatic rings. The summed E-state index contributed by atoms with van der Waals surface area (Å²) >= 11 is 0. The lowest BCUT2D eigenvalue weighted by molar-refractivity contribution is -0.120. The number of hydrogen-bond acceptors (Lipinski definition) is 4. The van der Waals surface area contributed by atoms with Crippen LogP contribution in [-0.4, -0.2) is 31.7 Å². The predicted octanol–water partition coefficient (Wildman–Crippen LogP) is 1.57. The quantitative estimate of drug-likeness (QED) is 0.873. The van der Waals surface area contributed by atoms with E-state index in [1.165, 1.54) is 0 Å². The molecule has 1 heterocycles. The van der Waals surface area contributed by atoms with Crippen LogP contribution < -0.4 is 10.6 Å². The second kappa shape index (κ2) is 6.92. The van der Waals surface area contributed by atoms with E-state index >= 15 is 0 Å². The largest absolute Gasteiger partial charge is 0.381 e. The summed E-state index contributed by atoms with van der Waals surface area (Å²) in [6, 6.07) is 7.71. The van der Waals surface area contributed by atoms with Gasteiger partial charge in [0.2, 0.25) is 5.91 Å². The van der Waals surface area contributed by atoms with Gasteiger partial charge < -0.3 is 15.4 Å². The van der Waals surface area contributed by atoms with Crippen molar-refractivity contribution in [1.29, 1.82) is 5.26 Å². The molecule has 0 saturated carbocycles. The predicted molar refractivity (Wildman–Crippen MR) is 76.4 cm³/mol. The van der Waals surface area contributed by atoms with Crippen LogP contribution in [0.3, 0.4) is 0 Å². The molecule has 1 saturated heterocycles. The molecule has 0 atom stereocenters. The van der Waals surface area contributed by atoms with Gasteiger partial charge in [0.1, 0.15) is 0 Å². The molecule has 20 heavy (non-hydrogen) atoms. The maximum absolute atomic E-state index is 11.9. The summed E-state index contributed by atoms with van der Waals surface area (Å²) in [6.07, 6.45) is 1.74. The lowest BCUT2D eigenvalue weighted by atomic mass is 10.1. The van der Waals surface area contributed by atoms with Crippen molar-refractivity contribution < 1.29 is 9.53 Å². The molecule has 2 rings (SSSR count). The Bertz CT molecular complexity index is 516. The number of aryl methyl sites for hydroxylation is 1. The SMILES string of the molecule is Cc1ccc(C#N)cc1NCC(=O)NC1CCOCC1. The molecule has 0 spiro atoms. The molecule has 1 aromatic carbocycles. The Labute approximate surface area is 118 Å². The van der Waals surface area contributed by atoms with Crippen LogP contribution in [0.25, 0.3) is 0 Å². The van der Waals surface area contributed by atoms with Gasteiger partial charge in [-0.2, -0.15) is 5.26 Å². The van der Waals surface area contributed by atoms with Crippen LogP contribution >= 0.6 is 0 Å². The standard InChI is InChI=1S/C15H19N3O2/c1-11-2-3-12(9-16)8-14(11)17-10-15(19)18-13-4-6-20-7-5-13/h2-3,8,13,17H,4-7,10H2,1H3,(H,18,19). The van der Waals surface area contributed by atoms with E-state index in [2.05, 4.69) is 16.7 Å². The number of ether oxygens (including phenoxy) is 1. The number of nitrogens with zero attached hydrogens (tertiary/aromatic N) is 1. The lowest BCUT2D eigenvalue weighted by Crippen LogP contribution is -2.41. The van der Waals surface area contributed by atoms with E-state index in [9.17, 15) is 4.79 Å². The minimum absolute atomic E-state index is 0.0290. The minimum Gasteiger partial charge on any atom is -0.381 e. The monoisotopic (exact) mass is 273 g/mol. The minimum atomic E-state index is -0.0290. The van der Waals surface area contributed by atoms with E-state index in [0.29, 0.717) is 18.8 Å². The summed E-state index contributed by atoms with van der Waals surface area (Å²) < 4.78 is 5.25. The average Bonchev–Trinajstić information content (AvgIpc) is 2.47. The van der Waals surface area contributed by atoms with Crippen molar-refractivity contribution in [3.63, 3.8) is 0 Å². The normalized spacial score (nSPS) is 15.4. The van der Waals surface area contributed by atoms with Gasteiger partial charge in [0.25, 0.3) is 0 Å². The van der Waals surface area contributed by atoms with Crippen molar-refractivity contribution in [1.82, 2.24) is 5.32 Å². The number of nitrogens with one attached hydrogen (secondary N) is 2. The Morgan fingerprint density at radius 3 is 2.90 bits per heavy atom. The number of nitriles is 1. The fourth-order valence-electron chi connectivity index (χ4n) is 2.18. The number of hydrogen-bond donors (Lipinski definition) is 2. The van der Waals surface area contributed by atoms with E-state index < -0.39 is 0 Å². The summed E-state index contributed by atoms with van der Waals surface area (Å²) in [5.41, 5.74) is 2.43. The van der Waals surface area contributed by atoms with Crippen LogP contribution in [-0.2, 0) is 9.53 Å². The van der Waals surface area contributed by atoms with Gasteiger partial charge in [-0.25, -0.2) is 0 Å². The average molecular weight is 273 g/mol. The molecule has 106 valence electrons. The molecule has 0 bridgehead atoms. The maximum Gasteiger partial charge on any atom is 0.239 e. The first-order valence-corrected chi connectivity index (χ1v) is 6.81. The van der Waals surface area contributed by atoms with Gasteiger partial charge in [-0.1, -0.05) is 6.07 Å². The van der Waals surface area contributed by atoms with E-state index in [1.54, 1.807) is 12.1 Å². The van der Waals surface area contributed by atoms with E-state index in [-0.39, 0.29) is 18.5 Å². The molecule has 1 aliphatic heterocycles. The van der Waals surface area contributed by atoms with Gasteiger partial charge >= 0.3 is 0 Å². The molecule has 0 unspecified atom stereocenters. The number of anilines is 1. The van der Waals surface area contributed by atoms with Crippen LogP contribution in [0.4, 0.5) is 5.69 Å². The Balaban J connectivity index is 1.85. The molecule has 5 heteroatoms. The summed E-state index contributed by atoms with van der Waals surface area (Å²) in [5, 5.41) is 15.0. The van der Waals surface area contributed by atoms with Crippen LogP contribution in [0.1, 0.15) is 24.0 Å². The molecular weight excluding hydrogens is 254 g/mol. The first-order chi connectivity index (χ1) is 9.69. The first-order valence-electron chi connectivity index (χ1n) is 6.81. The van der Waals surface area contributed by atoms with E-state index in [0.717, 1.165) is 24.1 Å². The number of benzene rings is 1. The van der Waals surface area contributed by atoms with Crippen molar-refractivity contribution in [2.75, 3.05) is 25.1 Å². The molecular formula is C15H19N3O2. The zero-order valence-electron chi connectivity index (χ0n) is 11.6. The van der Waals surface area contributed by atoms with Gasteiger partial charge in [-0.05, 0) is 37.5 Å². The van der Waals surface area contributed by atoms with Crippen molar-refractivity contribution >= 4 is 11.6 Å². The molecule has 0 aliphatic carbocycles. The Morgan fingerprint density at radius 2 is 2.20 bits per heavy atom. The van der Waals surface area contributed by atoms with Crippen molar-refractivity contribution in [3.8, 4) is 6.07 Å². The third-order valence-corrected chi connectivity index (χ3v) is 3.39. The molecule has 0 radical (unpaired) electrons. The zero-order valence-corrected chi connectivity index (χ0v) is 11.6. The summed E-state index contributed by atoms with van der Waals surface area (Å²) in [7, 11) is 0. The molecule has 2 N–H and O–H groups in total. The highest BCUT2D eigenvalue weighted by molar-refractivity contribution is 5.81. The molecule has 0 aromatic heterocycles. The smallest absolute Gasteiger partial charge is 0.239 e. The Kier molecular flexibility index (Phi) is 4.97. The van der Waals surface area contributed by atoms with Gasteiger partial charge in [0.15, 0.2) is 0 Å². The van der Waals surface area contributed by atoms with Crippen molar-refractivity contribution in [2.45, 2.75) is 25.8 Å². The third-order valence-electron chi connectivity index (χ3n) is 3.39. The van der Waals surface area contributed by atoms with Crippen molar-refractivity contribution in [3.05, 3.63) is 29.3 Å². The summed E-state index contributed by atoms with van der Waals surface area (Å²) in [6.45, 7) is 3.58. The second-order valence-electron chi connectivity index (χ2n) is 4.95. The number of amides is 1. The number of rotatable bonds is 4. The highest BCUT2D eigenvalue weighted by Crippen LogP contribution is 2.16. The summed E-state index contributed by atoms with van der Waals surface area (Å²) in [4.78, 5) is 11.9. The number of carbonyl (C=O) groups is 1. The maximum atomic E-state index is 11.9. The highest BCUT2D eigenvalue weighted by atomic mass is 16.5. The molecule has 5 nitrogen and oxygen atoms in total. The fourth-order valence-corrected chi connectivity index (χ4v) is 2.18. The number of carbonyl (C=O) groups excluding carboxylic acids is 1. The first kappa shape index (κ1) is 14.4. The molecule has 1 fully saturated rings. The van der Waals surface area contributed by atoms with Crippen LogP contribution in [0.15, 0.2) is 18.2 Å². The van der Waals surface area contributed by atoms with Crippen LogP contribution in [0.5, 0.6) is 0 Å². The lowest BCUT2D eigenvalue weighted by Gasteiger charge is -2.23.